The average Bonchev–Trinajstić information content (AvgIpc) is 3.23. The van der Waals surface area contributed by atoms with Crippen LogP contribution in [0.25, 0.3) is 11.2 Å². The second-order valence-corrected chi connectivity index (χ2v) is 8.51. The van der Waals surface area contributed by atoms with E-state index in [1.54, 1.807) is 13.8 Å². The zero-order chi connectivity index (χ0) is 24.7. The summed E-state index contributed by atoms with van der Waals surface area (Å²) in [5, 5.41) is 21.8. The van der Waals surface area contributed by atoms with Gasteiger partial charge in [-0.25, -0.2) is 15.0 Å². The van der Waals surface area contributed by atoms with Crippen LogP contribution >= 0.6 is 0 Å². The van der Waals surface area contributed by atoms with Gasteiger partial charge in [0.25, 0.3) is 5.91 Å². The van der Waals surface area contributed by atoms with Crippen LogP contribution in [0.3, 0.4) is 0 Å². The molecule has 0 aliphatic heterocycles. The van der Waals surface area contributed by atoms with Crippen LogP contribution < -0.4 is 11.1 Å². The second-order valence-electron chi connectivity index (χ2n) is 8.51. The predicted octanol–water partition coefficient (Wildman–Crippen LogP) is 0.378. The van der Waals surface area contributed by atoms with Crippen LogP contribution in [0.15, 0.2) is 6.33 Å². The Kier molecular flexibility index (Phi) is 8.92. The molecule has 2 heterocycles. The molecule has 11 heteroatoms. The number of nitrogens with zero attached hydrogens (tertiary/aromatic N) is 4. The first-order valence-electron chi connectivity index (χ1n) is 11.5. The predicted molar refractivity (Wildman–Crippen MR) is 124 cm³/mol. The van der Waals surface area contributed by atoms with Crippen molar-refractivity contribution in [1.82, 2.24) is 24.8 Å². The van der Waals surface area contributed by atoms with Crippen molar-refractivity contribution >= 4 is 28.7 Å². The summed E-state index contributed by atoms with van der Waals surface area (Å²) in [5.41, 5.74) is 6.79. The zero-order valence-corrected chi connectivity index (χ0v) is 19.5. The number of Topliss-reactive ketones (excluding diaryl/α,β-unsaturated/α-hetero) is 1. The SMILES string of the molecule is CCNC(=O)[C@@H](OCn1cnc2c(N)nc(C#CCC3CCC(C(C)=O)CC3)nc21)C(O)CO. The quantitative estimate of drug-likeness (QED) is 0.377. The minimum absolute atomic E-state index is 0.155. The van der Waals surface area contributed by atoms with E-state index >= 15 is 0 Å². The Bertz CT molecular complexity index is 1070. The number of carbonyl (C=O) groups is 2. The highest BCUT2D eigenvalue weighted by Gasteiger charge is 2.27. The Balaban J connectivity index is 1.70. The van der Waals surface area contributed by atoms with Gasteiger partial charge in [-0.1, -0.05) is 5.92 Å². The number of aromatic nitrogens is 4. The monoisotopic (exact) mass is 472 g/mol. The van der Waals surface area contributed by atoms with Crippen molar-refractivity contribution in [1.29, 1.82) is 0 Å². The minimum atomic E-state index is -1.38. The molecule has 1 aliphatic rings. The van der Waals surface area contributed by atoms with Crippen LogP contribution in [0.4, 0.5) is 5.82 Å². The molecule has 0 saturated heterocycles. The molecule has 1 amide bonds. The van der Waals surface area contributed by atoms with Gasteiger partial charge < -0.3 is 26.0 Å². The summed E-state index contributed by atoms with van der Waals surface area (Å²) in [4.78, 5) is 36.5. The first kappa shape index (κ1) is 25.6. The molecule has 34 heavy (non-hydrogen) atoms. The number of ketones is 1. The fourth-order valence-electron chi connectivity index (χ4n) is 4.06. The molecule has 3 rings (SSSR count). The number of nitrogens with one attached hydrogen (secondary N) is 1. The molecule has 0 radical (unpaired) electrons. The van der Waals surface area contributed by atoms with E-state index in [-0.39, 0.29) is 30.1 Å². The van der Waals surface area contributed by atoms with Gasteiger partial charge in [-0.15, -0.1) is 0 Å². The zero-order valence-electron chi connectivity index (χ0n) is 19.5. The van der Waals surface area contributed by atoms with E-state index in [2.05, 4.69) is 32.1 Å². The molecule has 184 valence electrons. The van der Waals surface area contributed by atoms with Gasteiger partial charge in [0.05, 0.1) is 12.9 Å². The second kappa shape index (κ2) is 11.9. The van der Waals surface area contributed by atoms with Gasteiger partial charge in [0.15, 0.2) is 17.6 Å². The first-order chi connectivity index (χ1) is 16.3. The summed E-state index contributed by atoms with van der Waals surface area (Å²) in [6.45, 7) is 2.97. The molecule has 2 aromatic rings. The fourth-order valence-corrected chi connectivity index (χ4v) is 4.06. The maximum Gasteiger partial charge on any atom is 0.252 e. The standard InChI is InChI=1S/C23H32N6O5/c1-3-25-23(33)20(17(32)11-30)34-13-29-12-26-19-21(24)27-18(28-22(19)29)6-4-5-15-7-9-16(10-8-15)14(2)31/h12,15-17,20,30,32H,3,5,7-11,13H2,1-2H3,(H,25,33)(H2,24,27,28)/t15?,16?,17?,20-/m0/s1. The van der Waals surface area contributed by atoms with E-state index in [0.717, 1.165) is 25.7 Å². The molecule has 5 N–H and O–H groups in total. The lowest BCUT2D eigenvalue weighted by Crippen LogP contribution is -2.45. The van der Waals surface area contributed by atoms with Crippen molar-refractivity contribution in [2.75, 3.05) is 18.9 Å². The molecule has 1 fully saturated rings. The number of imidazole rings is 1. The number of nitrogens with two attached hydrogens (primary N) is 1. The first-order valence-corrected chi connectivity index (χ1v) is 11.5. The fraction of sp³-hybridized carbons (Fsp3) is 0.609. The third-order valence-corrected chi connectivity index (χ3v) is 6.04. The molecule has 2 atom stereocenters. The highest BCUT2D eigenvalue weighted by atomic mass is 16.5. The van der Waals surface area contributed by atoms with Crippen LogP contribution in [0.5, 0.6) is 0 Å². The minimum Gasteiger partial charge on any atom is -0.394 e. The molecule has 0 spiro atoms. The number of fused-ring (bicyclic) bond motifs is 1. The number of hydrogen-bond donors (Lipinski definition) is 4. The number of anilines is 1. The molecule has 1 unspecified atom stereocenters. The van der Waals surface area contributed by atoms with Crippen LogP contribution in [-0.2, 0) is 21.1 Å². The number of likely N-dealkylation sites (N-methyl/N-ethyl adjacent to an activating group) is 1. The van der Waals surface area contributed by atoms with Crippen molar-refractivity contribution in [2.24, 2.45) is 11.8 Å². The van der Waals surface area contributed by atoms with Crippen molar-refractivity contribution < 1.29 is 24.5 Å². The highest BCUT2D eigenvalue weighted by Crippen LogP contribution is 2.31. The van der Waals surface area contributed by atoms with Gasteiger partial charge in [-0.3, -0.25) is 14.2 Å². The maximum absolute atomic E-state index is 12.2. The van der Waals surface area contributed by atoms with Crippen LogP contribution in [0, 0.1) is 23.7 Å². The molecule has 1 aliphatic carbocycles. The average molecular weight is 473 g/mol. The topological polar surface area (TPSA) is 165 Å². The molecule has 0 aromatic carbocycles. The third kappa shape index (κ3) is 6.28. The van der Waals surface area contributed by atoms with E-state index in [0.29, 0.717) is 30.0 Å². The number of hydrogen-bond acceptors (Lipinski definition) is 9. The van der Waals surface area contributed by atoms with E-state index < -0.39 is 24.7 Å². The van der Waals surface area contributed by atoms with Crippen molar-refractivity contribution in [2.45, 2.75) is 64.9 Å². The Morgan fingerprint density at radius 2 is 2.06 bits per heavy atom. The van der Waals surface area contributed by atoms with Gasteiger partial charge in [0, 0.05) is 18.9 Å². The lowest BCUT2D eigenvalue weighted by atomic mass is 9.79. The highest BCUT2D eigenvalue weighted by molar-refractivity contribution is 5.82. The molecule has 0 bridgehead atoms. The number of carbonyl (C=O) groups excluding carboxylic acids is 2. The molecular weight excluding hydrogens is 440 g/mol. The van der Waals surface area contributed by atoms with Gasteiger partial charge in [-0.05, 0) is 51.4 Å². The largest absolute Gasteiger partial charge is 0.394 e. The summed E-state index contributed by atoms with van der Waals surface area (Å²) in [6.07, 6.45) is 3.29. The van der Waals surface area contributed by atoms with E-state index in [4.69, 9.17) is 10.5 Å². The summed E-state index contributed by atoms with van der Waals surface area (Å²) < 4.78 is 7.09. The summed E-state index contributed by atoms with van der Waals surface area (Å²) >= 11 is 0. The van der Waals surface area contributed by atoms with Crippen molar-refractivity contribution in [3.05, 3.63) is 12.2 Å². The molecule has 1 saturated carbocycles. The third-order valence-electron chi connectivity index (χ3n) is 6.04. The Hall–Kier alpha value is -3.07. The number of amides is 1. The maximum atomic E-state index is 12.2. The normalized spacial score (nSPS) is 19.8. The van der Waals surface area contributed by atoms with E-state index in [1.807, 2.05) is 0 Å². The Morgan fingerprint density at radius 3 is 2.71 bits per heavy atom. The van der Waals surface area contributed by atoms with Gasteiger partial charge in [-0.2, -0.15) is 0 Å². The van der Waals surface area contributed by atoms with Crippen LogP contribution in [-0.4, -0.2) is 66.8 Å². The molecular formula is C23H32N6O5. The van der Waals surface area contributed by atoms with Crippen molar-refractivity contribution in [3.63, 3.8) is 0 Å². The van der Waals surface area contributed by atoms with Crippen LogP contribution in [0.2, 0.25) is 0 Å². The lowest BCUT2D eigenvalue weighted by Gasteiger charge is -2.25. The number of ether oxygens (including phenoxy) is 1. The number of aliphatic hydroxyl groups excluding tert-OH is 2. The lowest BCUT2D eigenvalue weighted by molar-refractivity contribution is -0.147. The van der Waals surface area contributed by atoms with E-state index in [9.17, 15) is 19.8 Å². The van der Waals surface area contributed by atoms with Gasteiger partial charge in [0.1, 0.15) is 24.1 Å². The summed E-state index contributed by atoms with van der Waals surface area (Å²) in [7, 11) is 0. The van der Waals surface area contributed by atoms with Gasteiger partial charge in [0.2, 0.25) is 5.82 Å². The van der Waals surface area contributed by atoms with E-state index in [1.165, 1.54) is 10.9 Å². The summed E-state index contributed by atoms with van der Waals surface area (Å²) in [5.74, 6) is 6.89. The molecule has 2 aromatic heterocycles. The number of aliphatic hydroxyl groups is 2. The smallest absolute Gasteiger partial charge is 0.252 e. The van der Waals surface area contributed by atoms with Crippen LogP contribution in [0.1, 0.15) is 51.8 Å². The number of nitrogen functional groups attached to an aromatic ring is 1. The Morgan fingerprint density at radius 1 is 1.32 bits per heavy atom. The van der Waals surface area contributed by atoms with Gasteiger partial charge >= 0.3 is 0 Å². The summed E-state index contributed by atoms with van der Waals surface area (Å²) in [6, 6.07) is 0. The number of rotatable bonds is 9. The molecule has 11 nitrogen and oxygen atoms in total. The van der Waals surface area contributed by atoms with Crippen molar-refractivity contribution in [3.8, 4) is 11.8 Å². The Labute approximate surface area is 198 Å².